The molecule has 1 aromatic rings. The molecule has 126 valence electrons. The molecule has 1 aromatic carbocycles. The second-order valence-corrected chi connectivity index (χ2v) is 6.19. The number of hydrogen-bond acceptors (Lipinski definition) is 2. The molecule has 23 heavy (non-hydrogen) atoms. The second kappa shape index (κ2) is 9.18. The Balaban J connectivity index is 1.61. The molecule has 3 amide bonds. The molecule has 0 aliphatic heterocycles. The number of carbonyl (C=O) groups is 2. The van der Waals surface area contributed by atoms with Gasteiger partial charge in [0.2, 0.25) is 5.91 Å². The molecule has 5 heteroatoms. The number of amides is 3. The molecule has 5 nitrogen and oxygen atoms in total. The number of nitrogens with one attached hydrogen (secondary N) is 3. The van der Waals surface area contributed by atoms with Crippen LogP contribution in [0.1, 0.15) is 57.1 Å². The van der Waals surface area contributed by atoms with Crippen LogP contribution in [-0.2, 0) is 4.79 Å². The minimum absolute atomic E-state index is 0.0280. The average Bonchev–Trinajstić information content (AvgIpc) is 2.56. The van der Waals surface area contributed by atoms with Crippen LogP contribution in [0.4, 0.5) is 4.79 Å². The highest BCUT2D eigenvalue weighted by atomic mass is 16.2. The van der Waals surface area contributed by atoms with Crippen molar-refractivity contribution >= 4 is 11.9 Å². The van der Waals surface area contributed by atoms with Crippen molar-refractivity contribution in [3.05, 3.63) is 35.9 Å². The molecule has 2 rings (SSSR count). The van der Waals surface area contributed by atoms with E-state index in [9.17, 15) is 9.59 Å². The van der Waals surface area contributed by atoms with Gasteiger partial charge in [0.05, 0.1) is 6.04 Å². The Kier molecular flexibility index (Phi) is 6.91. The maximum absolute atomic E-state index is 11.9. The average molecular weight is 317 g/mol. The van der Waals surface area contributed by atoms with E-state index in [2.05, 4.69) is 16.0 Å². The Labute approximate surface area is 138 Å². The zero-order chi connectivity index (χ0) is 16.5. The molecule has 0 radical (unpaired) electrons. The van der Waals surface area contributed by atoms with Crippen LogP contribution >= 0.6 is 0 Å². The molecule has 1 aliphatic carbocycles. The Bertz CT molecular complexity index is 498. The summed E-state index contributed by atoms with van der Waals surface area (Å²) in [4.78, 5) is 23.7. The molecule has 1 unspecified atom stereocenters. The normalized spacial score (nSPS) is 16.4. The summed E-state index contributed by atoms with van der Waals surface area (Å²) in [5, 5.41) is 8.68. The quantitative estimate of drug-likeness (QED) is 0.755. The first-order valence-electron chi connectivity index (χ1n) is 8.54. The van der Waals surface area contributed by atoms with Gasteiger partial charge in [-0.05, 0) is 25.3 Å². The molecule has 0 heterocycles. The molecule has 0 spiro atoms. The summed E-state index contributed by atoms with van der Waals surface area (Å²) in [6.07, 6.45) is 6.04. The third kappa shape index (κ3) is 6.30. The number of benzene rings is 1. The summed E-state index contributed by atoms with van der Waals surface area (Å²) in [6, 6.07) is 9.93. The number of urea groups is 1. The lowest BCUT2D eigenvalue weighted by Crippen LogP contribution is -2.43. The Hall–Kier alpha value is -2.04. The standard InChI is InChI=1S/C18H27N3O2/c1-14(15-8-4-2-5-9-15)20-17(22)12-13-19-18(23)21-16-10-6-3-7-11-16/h2,4-5,8-9,14,16H,3,6-7,10-13H2,1H3,(H,20,22)(H2,19,21,23). The van der Waals surface area contributed by atoms with Crippen LogP contribution in [0, 0.1) is 0 Å². The summed E-state index contributed by atoms with van der Waals surface area (Å²) in [5.74, 6) is -0.0562. The van der Waals surface area contributed by atoms with E-state index >= 15 is 0 Å². The molecule has 1 saturated carbocycles. The topological polar surface area (TPSA) is 70.2 Å². The lowest BCUT2D eigenvalue weighted by molar-refractivity contribution is -0.121. The first-order chi connectivity index (χ1) is 11.1. The van der Waals surface area contributed by atoms with E-state index in [0.29, 0.717) is 6.54 Å². The van der Waals surface area contributed by atoms with Crippen LogP contribution in [0.25, 0.3) is 0 Å². The van der Waals surface area contributed by atoms with Gasteiger partial charge in [0.15, 0.2) is 0 Å². The van der Waals surface area contributed by atoms with Crippen molar-refractivity contribution in [3.63, 3.8) is 0 Å². The van der Waals surface area contributed by atoms with Gasteiger partial charge in [-0.1, -0.05) is 49.6 Å². The van der Waals surface area contributed by atoms with Gasteiger partial charge in [0, 0.05) is 19.0 Å². The predicted molar refractivity (Wildman–Crippen MR) is 91.0 cm³/mol. The minimum atomic E-state index is -0.166. The summed E-state index contributed by atoms with van der Waals surface area (Å²) in [7, 11) is 0. The molecular weight excluding hydrogens is 290 g/mol. The molecular formula is C18H27N3O2. The van der Waals surface area contributed by atoms with E-state index in [1.54, 1.807) is 0 Å². The van der Waals surface area contributed by atoms with Gasteiger partial charge in [0.25, 0.3) is 0 Å². The largest absolute Gasteiger partial charge is 0.350 e. The van der Waals surface area contributed by atoms with Crippen molar-refractivity contribution in [2.45, 2.75) is 57.5 Å². The van der Waals surface area contributed by atoms with Crippen molar-refractivity contribution in [2.75, 3.05) is 6.54 Å². The van der Waals surface area contributed by atoms with Crippen molar-refractivity contribution in [1.82, 2.24) is 16.0 Å². The second-order valence-electron chi connectivity index (χ2n) is 6.19. The van der Waals surface area contributed by atoms with Crippen molar-refractivity contribution in [1.29, 1.82) is 0 Å². The van der Waals surface area contributed by atoms with Gasteiger partial charge < -0.3 is 16.0 Å². The Morgan fingerprint density at radius 2 is 1.83 bits per heavy atom. The fourth-order valence-electron chi connectivity index (χ4n) is 2.91. The third-order valence-corrected chi connectivity index (χ3v) is 4.26. The molecule has 1 aliphatic rings. The first-order valence-corrected chi connectivity index (χ1v) is 8.54. The maximum atomic E-state index is 11.9. The molecule has 0 bridgehead atoms. The molecule has 0 saturated heterocycles. The number of hydrogen-bond donors (Lipinski definition) is 3. The minimum Gasteiger partial charge on any atom is -0.350 e. The Morgan fingerprint density at radius 1 is 1.13 bits per heavy atom. The van der Waals surface area contributed by atoms with Gasteiger partial charge in [-0.15, -0.1) is 0 Å². The summed E-state index contributed by atoms with van der Waals surface area (Å²) >= 11 is 0. The fraction of sp³-hybridized carbons (Fsp3) is 0.556. The van der Waals surface area contributed by atoms with Crippen molar-refractivity contribution in [2.24, 2.45) is 0 Å². The molecule has 0 aromatic heterocycles. The highest BCUT2D eigenvalue weighted by Crippen LogP contribution is 2.17. The highest BCUT2D eigenvalue weighted by molar-refractivity contribution is 5.78. The van der Waals surface area contributed by atoms with Crippen LogP contribution in [0.5, 0.6) is 0 Å². The number of carbonyl (C=O) groups excluding carboxylic acids is 2. The van der Waals surface area contributed by atoms with Gasteiger partial charge in [0.1, 0.15) is 0 Å². The van der Waals surface area contributed by atoms with Crippen LogP contribution in [0.3, 0.4) is 0 Å². The Morgan fingerprint density at radius 3 is 2.52 bits per heavy atom. The molecule has 3 N–H and O–H groups in total. The summed E-state index contributed by atoms with van der Waals surface area (Å²) in [5.41, 5.74) is 1.07. The lowest BCUT2D eigenvalue weighted by Gasteiger charge is -2.22. The molecule has 1 atom stereocenters. The van der Waals surface area contributed by atoms with Gasteiger partial charge in [-0.3, -0.25) is 4.79 Å². The fourth-order valence-corrected chi connectivity index (χ4v) is 2.91. The maximum Gasteiger partial charge on any atom is 0.315 e. The van der Waals surface area contributed by atoms with Crippen LogP contribution in [0.2, 0.25) is 0 Å². The van der Waals surface area contributed by atoms with E-state index in [1.165, 1.54) is 19.3 Å². The smallest absolute Gasteiger partial charge is 0.315 e. The number of rotatable bonds is 6. The van der Waals surface area contributed by atoms with E-state index < -0.39 is 0 Å². The molecule has 1 fully saturated rings. The lowest BCUT2D eigenvalue weighted by atomic mass is 9.96. The zero-order valence-corrected chi connectivity index (χ0v) is 13.8. The summed E-state index contributed by atoms with van der Waals surface area (Å²) in [6.45, 7) is 2.31. The van der Waals surface area contributed by atoms with E-state index in [0.717, 1.165) is 18.4 Å². The van der Waals surface area contributed by atoms with Crippen LogP contribution in [0.15, 0.2) is 30.3 Å². The monoisotopic (exact) mass is 317 g/mol. The highest BCUT2D eigenvalue weighted by Gasteiger charge is 2.15. The third-order valence-electron chi connectivity index (χ3n) is 4.26. The van der Waals surface area contributed by atoms with Gasteiger partial charge in [-0.25, -0.2) is 4.79 Å². The van der Waals surface area contributed by atoms with Crippen molar-refractivity contribution in [3.8, 4) is 0 Å². The van der Waals surface area contributed by atoms with E-state index in [1.807, 2.05) is 37.3 Å². The summed E-state index contributed by atoms with van der Waals surface area (Å²) < 4.78 is 0. The first kappa shape index (κ1) is 17.3. The van der Waals surface area contributed by atoms with E-state index in [-0.39, 0.29) is 30.4 Å². The predicted octanol–water partition coefficient (Wildman–Crippen LogP) is 2.89. The van der Waals surface area contributed by atoms with Gasteiger partial charge >= 0.3 is 6.03 Å². The van der Waals surface area contributed by atoms with Crippen molar-refractivity contribution < 1.29 is 9.59 Å². The van der Waals surface area contributed by atoms with Gasteiger partial charge in [-0.2, -0.15) is 0 Å². The van der Waals surface area contributed by atoms with Crippen LogP contribution < -0.4 is 16.0 Å². The van der Waals surface area contributed by atoms with Crippen LogP contribution in [-0.4, -0.2) is 24.5 Å². The SMILES string of the molecule is CC(NC(=O)CCNC(=O)NC1CCCCC1)c1ccccc1. The van der Waals surface area contributed by atoms with E-state index in [4.69, 9.17) is 0 Å². The zero-order valence-electron chi connectivity index (χ0n) is 13.8.